The van der Waals surface area contributed by atoms with E-state index in [-0.39, 0.29) is 5.91 Å². The van der Waals surface area contributed by atoms with Crippen LogP contribution in [0.3, 0.4) is 0 Å². The summed E-state index contributed by atoms with van der Waals surface area (Å²) in [6.45, 7) is 3.70. The molecule has 1 saturated heterocycles. The predicted molar refractivity (Wildman–Crippen MR) is 120 cm³/mol. The van der Waals surface area contributed by atoms with Crippen LogP contribution in [0.5, 0.6) is 0 Å². The minimum atomic E-state index is -3.40. The van der Waals surface area contributed by atoms with E-state index < -0.39 is 10.0 Å². The standard InChI is InChI=1S/C23H24N2O3S2/c1-17-5-4-6-18(15-17)16-24-23(26)20-9-7-19(8-10-20)21-11-12-22(29-21)30(27,28)25-13-2-3-14-25/h4-12,15H,2-3,13-14,16H2,1H3,(H,24,26). The lowest BCUT2D eigenvalue weighted by molar-refractivity contribution is 0.0951. The van der Waals surface area contributed by atoms with Crippen LogP contribution in [-0.2, 0) is 16.6 Å². The van der Waals surface area contributed by atoms with E-state index in [0.29, 0.717) is 29.4 Å². The van der Waals surface area contributed by atoms with Crippen LogP contribution in [0.15, 0.2) is 64.9 Å². The zero-order chi connectivity index (χ0) is 21.1. The summed E-state index contributed by atoms with van der Waals surface area (Å²) < 4.78 is 27.4. The largest absolute Gasteiger partial charge is 0.348 e. The van der Waals surface area contributed by atoms with Gasteiger partial charge in [-0.15, -0.1) is 11.3 Å². The van der Waals surface area contributed by atoms with Gasteiger partial charge >= 0.3 is 0 Å². The first-order valence-corrected chi connectivity index (χ1v) is 12.2. The number of amides is 1. The Bertz CT molecular complexity index is 1150. The smallest absolute Gasteiger partial charge is 0.252 e. The minimum Gasteiger partial charge on any atom is -0.348 e. The molecule has 1 fully saturated rings. The van der Waals surface area contributed by atoms with Crippen LogP contribution in [0.4, 0.5) is 0 Å². The number of carbonyl (C=O) groups excluding carboxylic acids is 1. The molecule has 1 N–H and O–H groups in total. The molecule has 0 saturated carbocycles. The molecule has 3 aromatic rings. The lowest BCUT2D eigenvalue weighted by Gasteiger charge is -2.13. The first-order chi connectivity index (χ1) is 14.4. The van der Waals surface area contributed by atoms with Crippen molar-refractivity contribution in [1.82, 2.24) is 9.62 Å². The van der Waals surface area contributed by atoms with Crippen molar-refractivity contribution >= 4 is 27.3 Å². The number of sulfonamides is 1. The summed E-state index contributed by atoms with van der Waals surface area (Å²) in [6, 6.07) is 18.8. The number of nitrogens with zero attached hydrogens (tertiary/aromatic N) is 1. The van der Waals surface area contributed by atoms with Crippen LogP contribution >= 0.6 is 11.3 Å². The molecular formula is C23H24N2O3S2. The topological polar surface area (TPSA) is 66.5 Å². The van der Waals surface area contributed by atoms with Gasteiger partial charge in [0.05, 0.1) is 0 Å². The van der Waals surface area contributed by atoms with Gasteiger partial charge in [-0.3, -0.25) is 4.79 Å². The van der Waals surface area contributed by atoms with Gasteiger partial charge in [-0.2, -0.15) is 4.31 Å². The molecule has 2 aromatic carbocycles. The van der Waals surface area contributed by atoms with E-state index in [4.69, 9.17) is 0 Å². The van der Waals surface area contributed by atoms with Crippen LogP contribution in [0.1, 0.15) is 34.3 Å². The number of carbonyl (C=O) groups is 1. The normalized spacial score (nSPS) is 14.7. The first-order valence-electron chi connectivity index (χ1n) is 9.98. The fourth-order valence-corrected chi connectivity index (χ4v) is 6.55. The summed E-state index contributed by atoms with van der Waals surface area (Å²) in [5.74, 6) is -0.133. The number of benzene rings is 2. The van der Waals surface area contributed by atoms with Gasteiger partial charge in [0, 0.05) is 30.1 Å². The molecule has 1 amide bonds. The van der Waals surface area contributed by atoms with E-state index >= 15 is 0 Å². The quantitative estimate of drug-likeness (QED) is 0.616. The summed E-state index contributed by atoms with van der Waals surface area (Å²) in [7, 11) is -3.40. The molecule has 1 aromatic heterocycles. The van der Waals surface area contributed by atoms with Crippen molar-refractivity contribution in [3.63, 3.8) is 0 Å². The van der Waals surface area contributed by atoms with Gasteiger partial charge in [-0.1, -0.05) is 42.0 Å². The molecule has 0 radical (unpaired) electrons. The number of aryl methyl sites for hydroxylation is 1. The summed E-state index contributed by atoms with van der Waals surface area (Å²) in [4.78, 5) is 13.3. The third-order valence-corrected chi connectivity index (χ3v) is 8.71. The highest BCUT2D eigenvalue weighted by molar-refractivity contribution is 7.91. The summed E-state index contributed by atoms with van der Waals surface area (Å²) in [5, 5.41) is 2.94. The summed E-state index contributed by atoms with van der Waals surface area (Å²) in [6.07, 6.45) is 1.84. The molecule has 0 spiro atoms. The van der Waals surface area contributed by atoms with Gasteiger partial charge < -0.3 is 5.32 Å². The number of nitrogens with one attached hydrogen (secondary N) is 1. The molecule has 0 aliphatic carbocycles. The average molecular weight is 441 g/mol. The van der Waals surface area contributed by atoms with Crippen molar-refractivity contribution < 1.29 is 13.2 Å². The Balaban J connectivity index is 1.43. The van der Waals surface area contributed by atoms with Crippen LogP contribution in [0.2, 0.25) is 0 Å². The highest BCUT2D eigenvalue weighted by atomic mass is 32.2. The third-order valence-electron chi connectivity index (χ3n) is 5.21. The van der Waals surface area contributed by atoms with Crippen molar-refractivity contribution in [2.45, 2.75) is 30.5 Å². The zero-order valence-electron chi connectivity index (χ0n) is 16.8. The number of hydrogen-bond donors (Lipinski definition) is 1. The van der Waals surface area contributed by atoms with Crippen molar-refractivity contribution in [3.05, 3.63) is 77.4 Å². The second kappa shape index (κ2) is 8.71. The van der Waals surface area contributed by atoms with E-state index in [1.807, 2.05) is 49.4 Å². The van der Waals surface area contributed by atoms with Gasteiger partial charge in [0.15, 0.2) is 0 Å². The van der Waals surface area contributed by atoms with Gasteiger partial charge in [-0.05, 0) is 55.2 Å². The van der Waals surface area contributed by atoms with Gasteiger partial charge in [-0.25, -0.2) is 8.42 Å². The fourth-order valence-electron chi connectivity index (χ4n) is 3.56. The third kappa shape index (κ3) is 4.48. The first kappa shape index (κ1) is 20.8. The number of thiophene rings is 1. The Morgan fingerprint density at radius 1 is 1.03 bits per heavy atom. The number of hydrogen-bond acceptors (Lipinski definition) is 4. The molecule has 30 heavy (non-hydrogen) atoms. The molecule has 4 rings (SSSR count). The molecule has 1 aliphatic rings. The second-order valence-electron chi connectivity index (χ2n) is 7.48. The van der Waals surface area contributed by atoms with Gasteiger partial charge in [0.25, 0.3) is 15.9 Å². The Kier molecular flexibility index (Phi) is 6.04. The molecule has 2 heterocycles. The van der Waals surface area contributed by atoms with Crippen LogP contribution < -0.4 is 5.32 Å². The highest BCUT2D eigenvalue weighted by Gasteiger charge is 2.28. The van der Waals surface area contributed by atoms with Crippen molar-refractivity contribution in [2.75, 3.05) is 13.1 Å². The van der Waals surface area contributed by atoms with Crippen LogP contribution in [0, 0.1) is 6.92 Å². The summed E-state index contributed by atoms with van der Waals surface area (Å²) >= 11 is 1.27. The molecule has 0 unspecified atom stereocenters. The molecule has 156 valence electrons. The van der Waals surface area contributed by atoms with Gasteiger partial charge in [0.2, 0.25) is 0 Å². The van der Waals surface area contributed by atoms with E-state index in [1.54, 1.807) is 22.5 Å². The number of rotatable bonds is 6. The maximum Gasteiger partial charge on any atom is 0.252 e. The maximum atomic E-state index is 12.7. The highest BCUT2D eigenvalue weighted by Crippen LogP contribution is 2.33. The lowest BCUT2D eigenvalue weighted by atomic mass is 10.1. The van der Waals surface area contributed by atoms with Crippen molar-refractivity contribution in [2.24, 2.45) is 0 Å². The molecule has 1 aliphatic heterocycles. The average Bonchev–Trinajstić information content (AvgIpc) is 3.45. The molecule has 5 nitrogen and oxygen atoms in total. The summed E-state index contributed by atoms with van der Waals surface area (Å²) in [5.41, 5.74) is 3.70. The molecule has 0 bridgehead atoms. The zero-order valence-corrected chi connectivity index (χ0v) is 18.4. The fraction of sp³-hybridized carbons (Fsp3) is 0.261. The van der Waals surface area contributed by atoms with E-state index in [1.165, 1.54) is 11.3 Å². The monoisotopic (exact) mass is 440 g/mol. The maximum absolute atomic E-state index is 12.7. The molecular weight excluding hydrogens is 416 g/mol. The van der Waals surface area contributed by atoms with E-state index in [0.717, 1.165) is 34.4 Å². The van der Waals surface area contributed by atoms with E-state index in [2.05, 4.69) is 5.32 Å². The Morgan fingerprint density at radius 2 is 1.77 bits per heavy atom. The molecule has 0 atom stereocenters. The van der Waals surface area contributed by atoms with Crippen LogP contribution in [0.25, 0.3) is 10.4 Å². The second-order valence-corrected chi connectivity index (χ2v) is 10.7. The lowest BCUT2D eigenvalue weighted by Crippen LogP contribution is -2.27. The predicted octanol–water partition coefficient (Wildman–Crippen LogP) is 4.44. The minimum absolute atomic E-state index is 0.133. The van der Waals surface area contributed by atoms with Crippen molar-refractivity contribution in [1.29, 1.82) is 0 Å². The molecule has 7 heteroatoms. The van der Waals surface area contributed by atoms with Gasteiger partial charge in [0.1, 0.15) is 4.21 Å². The van der Waals surface area contributed by atoms with E-state index in [9.17, 15) is 13.2 Å². The van der Waals surface area contributed by atoms with Crippen LogP contribution in [-0.4, -0.2) is 31.7 Å². The van der Waals surface area contributed by atoms with Crippen molar-refractivity contribution in [3.8, 4) is 10.4 Å². The Labute approximate surface area is 181 Å². The Morgan fingerprint density at radius 3 is 2.47 bits per heavy atom. The Hall–Kier alpha value is -2.48. The SMILES string of the molecule is Cc1cccc(CNC(=O)c2ccc(-c3ccc(S(=O)(=O)N4CCCC4)s3)cc2)c1.